The van der Waals surface area contributed by atoms with Gasteiger partial charge in [0, 0.05) is 29.9 Å². The van der Waals surface area contributed by atoms with E-state index in [-0.39, 0.29) is 6.04 Å². The average Bonchev–Trinajstić information content (AvgIpc) is 3.11. The summed E-state index contributed by atoms with van der Waals surface area (Å²) in [6.07, 6.45) is 6.16. The first-order chi connectivity index (χ1) is 10.2. The highest BCUT2D eigenvalue weighted by atomic mass is 35.5. The van der Waals surface area contributed by atoms with E-state index in [1.54, 1.807) is 12.5 Å². The Balaban J connectivity index is 1.82. The monoisotopic (exact) mass is 301 g/mol. The fourth-order valence-electron chi connectivity index (χ4n) is 2.28. The van der Waals surface area contributed by atoms with Crippen molar-refractivity contribution in [2.45, 2.75) is 19.4 Å². The van der Waals surface area contributed by atoms with Crippen molar-refractivity contribution in [2.24, 2.45) is 0 Å². The highest BCUT2D eigenvalue weighted by molar-refractivity contribution is 6.31. The van der Waals surface area contributed by atoms with Gasteiger partial charge in [-0.05, 0) is 43.3 Å². The number of hydrogen-bond donors (Lipinski definition) is 1. The molecule has 0 fully saturated rings. The van der Waals surface area contributed by atoms with Crippen LogP contribution < -0.4 is 5.32 Å². The fraction of sp³-hybridized carbons (Fsp3) is 0.188. The van der Waals surface area contributed by atoms with Crippen LogP contribution in [0.1, 0.15) is 12.7 Å². The minimum absolute atomic E-state index is 0.212. The number of hydrogen-bond acceptors (Lipinski definition) is 3. The smallest absolute Gasteiger partial charge is 0.105 e. The standard InChI is InChI=1S/C16H16ClN3O/c1-12(10-14-4-2-9-21-14)19-15-11-13(17)5-6-16(15)20-8-3-7-18-20/h2-9,11-12,19H,10H2,1H3. The van der Waals surface area contributed by atoms with Crippen molar-refractivity contribution in [1.29, 1.82) is 0 Å². The summed E-state index contributed by atoms with van der Waals surface area (Å²) in [5.41, 5.74) is 1.92. The van der Waals surface area contributed by atoms with Gasteiger partial charge < -0.3 is 9.73 Å². The van der Waals surface area contributed by atoms with E-state index in [0.717, 1.165) is 23.6 Å². The van der Waals surface area contributed by atoms with Gasteiger partial charge in [0.2, 0.25) is 0 Å². The zero-order chi connectivity index (χ0) is 14.7. The predicted octanol–water partition coefficient (Wildman–Crippen LogP) is 4.16. The second-order valence-corrected chi connectivity index (χ2v) is 5.38. The van der Waals surface area contributed by atoms with Crippen LogP contribution >= 0.6 is 11.6 Å². The molecule has 5 heteroatoms. The summed E-state index contributed by atoms with van der Waals surface area (Å²) in [7, 11) is 0. The van der Waals surface area contributed by atoms with Crippen molar-refractivity contribution in [2.75, 3.05) is 5.32 Å². The second-order valence-electron chi connectivity index (χ2n) is 4.94. The molecule has 0 aliphatic heterocycles. The van der Waals surface area contributed by atoms with E-state index in [4.69, 9.17) is 16.0 Å². The molecule has 0 bridgehead atoms. The number of aromatic nitrogens is 2. The molecule has 1 unspecified atom stereocenters. The van der Waals surface area contributed by atoms with Gasteiger partial charge in [-0.2, -0.15) is 5.10 Å². The summed E-state index contributed by atoms with van der Waals surface area (Å²) >= 11 is 6.12. The topological polar surface area (TPSA) is 43.0 Å². The van der Waals surface area contributed by atoms with Gasteiger partial charge in [-0.15, -0.1) is 0 Å². The van der Waals surface area contributed by atoms with Gasteiger partial charge in [-0.1, -0.05) is 11.6 Å². The predicted molar refractivity (Wildman–Crippen MR) is 84.1 cm³/mol. The summed E-state index contributed by atoms with van der Waals surface area (Å²) in [4.78, 5) is 0. The van der Waals surface area contributed by atoms with Gasteiger partial charge in [0.25, 0.3) is 0 Å². The van der Waals surface area contributed by atoms with Gasteiger partial charge in [-0.25, -0.2) is 4.68 Å². The molecular weight excluding hydrogens is 286 g/mol. The number of nitrogens with one attached hydrogen (secondary N) is 1. The molecule has 3 aromatic rings. The van der Waals surface area contributed by atoms with Crippen LogP contribution in [-0.2, 0) is 6.42 Å². The normalized spacial score (nSPS) is 12.3. The first-order valence-corrected chi connectivity index (χ1v) is 7.18. The Morgan fingerprint density at radius 1 is 1.33 bits per heavy atom. The first-order valence-electron chi connectivity index (χ1n) is 6.81. The number of rotatable bonds is 5. The van der Waals surface area contributed by atoms with E-state index in [1.165, 1.54) is 0 Å². The molecule has 0 saturated carbocycles. The lowest BCUT2D eigenvalue weighted by Crippen LogP contribution is -2.19. The van der Waals surface area contributed by atoms with E-state index < -0.39 is 0 Å². The van der Waals surface area contributed by atoms with Crippen LogP contribution in [0.3, 0.4) is 0 Å². The van der Waals surface area contributed by atoms with Crippen LogP contribution in [0, 0.1) is 0 Å². The van der Waals surface area contributed by atoms with E-state index in [0.29, 0.717) is 5.02 Å². The molecule has 0 radical (unpaired) electrons. The molecule has 2 aromatic heterocycles. The van der Waals surface area contributed by atoms with Gasteiger partial charge in [0.1, 0.15) is 5.76 Å². The molecule has 21 heavy (non-hydrogen) atoms. The van der Waals surface area contributed by atoms with Crippen molar-refractivity contribution in [3.8, 4) is 5.69 Å². The Kier molecular flexibility index (Phi) is 3.97. The third-order valence-electron chi connectivity index (χ3n) is 3.20. The molecule has 2 heterocycles. The van der Waals surface area contributed by atoms with E-state index in [1.807, 2.05) is 47.3 Å². The lowest BCUT2D eigenvalue weighted by atomic mass is 10.1. The van der Waals surface area contributed by atoms with Crippen LogP contribution in [0.15, 0.2) is 59.5 Å². The number of halogens is 1. The zero-order valence-electron chi connectivity index (χ0n) is 11.7. The third-order valence-corrected chi connectivity index (χ3v) is 3.43. The first kappa shape index (κ1) is 13.8. The second kappa shape index (κ2) is 6.06. The maximum absolute atomic E-state index is 6.12. The number of nitrogens with zero attached hydrogens (tertiary/aromatic N) is 2. The minimum atomic E-state index is 0.212. The molecule has 0 aliphatic rings. The summed E-state index contributed by atoms with van der Waals surface area (Å²) in [5.74, 6) is 0.956. The molecule has 4 nitrogen and oxygen atoms in total. The Morgan fingerprint density at radius 2 is 2.24 bits per heavy atom. The summed E-state index contributed by atoms with van der Waals surface area (Å²) in [6.45, 7) is 2.11. The Morgan fingerprint density at radius 3 is 2.95 bits per heavy atom. The minimum Gasteiger partial charge on any atom is -0.469 e. The Bertz CT molecular complexity index is 692. The molecule has 1 aromatic carbocycles. The molecular formula is C16H16ClN3O. The van der Waals surface area contributed by atoms with Gasteiger partial charge in [0.15, 0.2) is 0 Å². The van der Waals surface area contributed by atoms with Gasteiger partial charge >= 0.3 is 0 Å². The highest BCUT2D eigenvalue weighted by Gasteiger charge is 2.11. The van der Waals surface area contributed by atoms with Crippen LogP contribution in [0.2, 0.25) is 5.02 Å². The average molecular weight is 302 g/mol. The van der Waals surface area contributed by atoms with Gasteiger partial charge in [-0.3, -0.25) is 0 Å². The summed E-state index contributed by atoms with van der Waals surface area (Å²) in [6, 6.07) is 11.7. The molecule has 1 N–H and O–H groups in total. The fourth-order valence-corrected chi connectivity index (χ4v) is 2.45. The molecule has 0 amide bonds. The Hall–Kier alpha value is -2.20. The quantitative estimate of drug-likeness (QED) is 0.769. The molecule has 0 saturated heterocycles. The van der Waals surface area contributed by atoms with Crippen LogP contribution in [-0.4, -0.2) is 15.8 Å². The SMILES string of the molecule is CC(Cc1ccco1)Nc1cc(Cl)ccc1-n1cccn1. The van der Waals surface area contributed by atoms with Crippen molar-refractivity contribution in [3.63, 3.8) is 0 Å². The van der Waals surface area contributed by atoms with Crippen LogP contribution in [0.5, 0.6) is 0 Å². The van der Waals surface area contributed by atoms with Crippen LogP contribution in [0.4, 0.5) is 5.69 Å². The molecule has 108 valence electrons. The highest BCUT2D eigenvalue weighted by Crippen LogP contribution is 2.25. The number of anilines is 1. The maximum atomic E-state index is 6.12. The number of furan rings is 1. The van der Waals surface area contributed by atoms with Crippen molar-refractivity contribution < 1.29 is 4.42 Å². The molecule has 1 atom stereocenters. The van der Waals surface area contributed by atoms with E-state index >= 15 is 0 Å². The number of benzene rings is 1. The maximum Gasteiger partial charge on any atom is 0.105 e. The molecule has 0 aliphatic carbocycles. The zero-order valence-corrected chi connectivity index (χ0v) is 12.4. The third kappa shape index (κ3) is 3.28. The van der Waals surface area contributed by atoms with Gasteiger partial charge in [0.05, 0.1) is 17.6 Å². The summed E-state index contributed by atoms with van der Waals surface area (Å²) in [5, 5.41) is 8.44. The van der Waals surface area contributed by atoms with Crippen molar-refractivity contribution in [1.82, 2.24) is 9.78 Å². The van der Waals surface area contributed by atoms with E-state index in [9.17, 15) is 0 Å². The summed E-state index contributed by atoms with van der Waals surface area (Å²) < 4.78 is 7.20. The van der Waals surface area contributed by atoms with Crippen molar-refractivity contribution >= 4 is 17.3 Å². The van der Waals surface area contributed by atoms with Crippen LogP contribution in [0.25, 0.3) is 5.69 Å². The van der Waals surface area contributed by atoms with E-state index in [2.05, 4.69) is 17.3 Å². The largest absolute Gasteiger partial charge is 0.469 e. The molecule has 3 rings (SSSR count). The molecule has 0 spiro atoms. The Labute approximate surface area is 128 Å². The van der Waals surface area contributed by atoms with Crippen molar-refractivity contribution in [3.05, 3.63) is 65.8 Å². The lowest BCUT2D eigenvalue weighted by Gasteiger charge is -2.17. The lowest BCUT2D eigenvalue weighted by molar-refractivity contribution is 0.497.